The minimum Gasteiger partial charge on any atom is -0.380 e. The van der Waals surface area contributed by atoms with Crippen LogP contribution in [0.3, 0.4) is 0 Å². The van der Waals surface area contributed by atoms with E-state index in [2.05, 4.69) is 42.8 Å². The highest BCUT2D eigenvalue weighted by Gasteiger charge is 2.21. The average molecular weight is 444 g/mol. The summed E-state index contributed by atoms with van der Waals surface area (Å²) >= 11 is 8.82. The second-order valence-electron chi connectivity index (χ2n) is 4.45. The van der Waals surface area contributed by atoms with Crippen LogP contribution in [0.2, 0.25) is 0 Å². The monoisotopic (exact) mass is 442 g/mol. The number of nitrogens with two attached hydrogens (primary N) is 1. The van der Waals surface area contributed by atoms with Crippen LogP contribution >= 0.6 is 43.2 Å². The number of rotatable bonds is 11. The smallest absolute Gasteiger partial charge is 0.0843 e. The third kappa shape index (κ3) is 6.64. The Morgan fingerprint density at radius 1 is 1.19 bits per heavy atom. The molecule has 1 atom stereocenters. The Balaban J connectivity index is 2.74. The Labute approximate surface area is 148 Å². The maximum absolute atomic E-state index is 6.03. The van der Waals surface area contributed by atoms with Gasteiger partial charge >= 0.3 is 0 Å². The van der Waals surface area contributed by atoms with Crippen LogP contribution in [0.25, 0.3) is 0 Å². The van der Waals surface area contributed by atoms with E-state index in [1.165, 1.54) is 4.88 Å². The van der Waals surface area contributed by atoms with Crippen LogP contribution in [-0.4, -0.2) is 51.0 Å². The molecule has 1 unspecified atom stereocenters. The summed E-state index contributed by atoms with van der Waals surface area (Å²) in [4.78, 5) is 3.60. The molecule has 0 aromatic carbocycles. The van der Waals surface area contributed by atoms with Crippen molar-refractivity contribution in [3.05, 3.63) is 19.2 Å². The van der Waals surface area contributed by atoms with E-state index >= 15 is 0 Å². The zero-order valence-electron chi connectivity index (χ0n) is 12.6. The van der Waals surface area contributed by atoms with E-state index in [0.717, 1.165) is 34.6 Å². The molecule has 1 aromatic heterocycles. The number of nitrogens with zero attached hydrogens (tertiary/aromatic N) is 1. The molecule has 0 aliphatic carbocycles. The molecule has 4 nitrogen and oxygen atoms in total. The van der Waals surface area contributed by atoms with Crippen LogP contribution in [0, 0.1) is 0 Å². The number of halogens is 2. The molecule has 0 aliphatic heterocycles. The molecule has 1 heterocycles. The van der Waals surface area contributed by atoms with Gasteiger partial charge in [-0.05, 0) is 51.8 Å². The Bertz CT molecular complexity index is 375. The lowest BCUT2D eigenvalue weighted by Gasteiger charge is -2.30. The predicted molar refractivity (Wildman–Crippen MR) is 96.1 cm³/mol. The number of hydrogen-bond acceptors (Lipinski definition) is 5. The first-order chi connectivity index (χ1) is 10.1. The van der Waals surface area contributed by atoms with Crippen LogP contribution < -0.4 is 5.73 Å². The fourth-order valence-corrected chi connectivity index (χ4v) is 4.29. The van der Waals surface area contributed by atoms with Gasteiger partial charge in [0.15, 0.2) is 0 Å². The van der Waals surface area contributed by atoms with Gasteiger partial charge in [0, 0.05) is 42.2 Å². The van der Waals surface area contributed by atoms with Crippen LogP contribution in [0.4, 0.5) is 0 Å². The highest BCUT2D eigenvalue weighted by atomic mass is 79.9. The number of hydrogen-bond donors (Lipinski definition) is 1. The third-order valence-electron chi connectivity index (χ3n) is 3.11. The topological polar surface area (TPSA) is 47.7 Å². The van der Waals surface area contributed by atoms with Gasteiger partial charge in [0.1, 0.15) is 0 Å². The van der Waals surface area contributed by atoms with E-state index in [1.807, 2.05) is 13.8 Å². The zero-order chi connectivity index (χ0) is 15.7. The molecule has 21 heavy (non-hydrogen) atoms. The molecule has 0 spiro atoms. The molecule has 0 saturated heterocycles. The first-order valence-electron chi connectivity index (χ1n) is 7.18. The minimum atomic E-state index is 0.193. The summed E-state index contributed by atoms with van der Waals surface area (Å²) in [5.41, 5.74) is 6.03. The molecule has 0 saturated carbocycles. The average Bonchev–Trinajstić information content (AvgIpc) is 2.79. The second-order valence-corrected chi connectivity index (χ2v) is 7.71. The molecule has 1 aromatic rings. The van der Waals surface area contributed by atoms with Gasteiger partial charge in [-0.3, -0.25) is 4.90 Å². The highest BCUT2D eigenvalue weighted by Crippen LogP contribution is 2.37. The van der Waals surface area contributed by atoms with Crippen LogP contribution in [0.5, 0.6) is 0 Å². The minimum absolute atomic E-state index is 0.193. The standard InChI is InChI=1S/C14H24Br2N2O2S/c1-3-19-7-5-18(6-8-20-4-2)12(10-17)13-9-11(15)14(16)21-13/h9,12H,3-8,10,17H2,1-2H3. The maximum atomic E-state index is 6.03. The third-order valence-corrected chi connectivity index (χ3v) is 6.47. The summed E-state index contributed by atoms with van der Waals surface area (Å²) in [6, 6.07) is 2.33. The Hall–Kier alpha value is 0.500. The predicted octanol–water partition coefficient (Wildman–Crippen LogP) is 3.65. The molecular weight excluding hydrogens is 420 g/mol. The van der Waals surface area contributed by atoms with E-state index in [4.69, 9.17) is 15.2 Å². The van der Waals surface area contributed by atoms with E-state index in [0.29, 0.717) is 19.8 Å². The van der Waals surface area contributed by atoms with Crippen molar-refractivity contribution in [2.24, 2.45) is 5.73 Å². The Morgan fingerprint density at radius 2 is 1.76 bits per heavy atom. The molecule has 0 bridgehead atoms. The molecule has 122 valence electrons. The summed E-state index contributed by atoms with van der Waals surface area (Å²) < 4.78 is 13.2. The zero-order valence-corrected chi connectivity index (χ0v) is 16.6. The fraction of sp³-hybridized carbons (Fsp3) is 0.714. The lowest BCUT2D eigenvalue weighted by molar-refractivity contribution is 0.0647. The van der Waals surface area contributed by atoms with Gasteiger partial charge in [0.25, 0.3) is 0 Å². The molecule has 1 rings (SSSR count). The molecule has 0 radical (unpaired) electrons. The van der Waals surface area contributed by atoms with Gasteiger partial charge in [0.05, 0.1) is 23.0 Å². The van der Waals surface area contributed by atoms with Crippen molar-refractivity contribution < 1.29 is 9.47 Å². The van der Waals surface area contributed by atoms with E-state index < -0.39 is 0 Å². The van der Waals surface area contributed by atoms with Gasteiger partial charge in [-0.15, -0.1) is 11.3 Å². The van der Waals surface area contributed by atoms with Gasteiger partial charge in [0.2, 0.25) is 0 Å². The summed E-state index contributed by atoms with van der Waals surface area (Å²) in [5.74, 6) is 0. The molecule has 0 aliphatic rings. The van der Waals surface area contributed by atoms with E-state index in [-0.39, 0.29) is 6.04 Å². The van der Waals surface area contributed by atoms with Crippen LogP contribution in [0.15, 0.2) is 14.3 Å². The van der Waals surface area contributed by atoms with Crippen LogP contribution in [-0.2, 0) is 9.47 Å². The lowest BCUT2D eigenvalue weighted by atomic mass is 10.2. The van der Waals surface area contributed by atoms with Crippen LogP contribution in [0.1, 0.15) is 24.8 Å². The van der Waals surface area contributed by atoms with Crippen molar-refractivity contribution in [2.45, 2.75) is 19.9 Å². The summed E-state index contributed by atoms with van der Waals surface area (Å²) in [6.07, 6.45) is 0. The van der Waals surface area contributed by atoms with Crippen molar-refractivity contribution in [1.29, 1.82) is 0 Å². The van der Waals surface area contributed by atoms with Crippen molar-refractivity contribution in [2.75, 3.05) is 46.1 Å². The molecule has 2 N–H and O–H groups in total. The van der Waals surface area contributed by atoms with Gasteiger partial charge in [-0.25, -0.2) is 0 Å². The van der Waals surface area contributed by atoms with Gasteiger partial charge < -0.3 is 15.2 Å². The summed E-state index contributed by atoms with van der Waals surface area (Å²) in [5, 5.41) is 0. The largest absolute Gasteiger partial charge is 0.380 e. The number of ether oxygens (including phenoxy) is 2. The van der Waals surface area contributed by atoms with Crippen molar-refractivity contribution in [3.8, 4) is 0 Å². The first-order valence-corrected chi connectivity index (χ1v) is 9.58. The highest BCUT2D eigenvalue weighted by molar-refractivity contribution is 9.13. The Kier molecular flexibility index (Phi) is 10.3. The summed E-state index contributed by atoms with van der Waals surface area (Å²) in [7, 11) is 0. The fourth-order valence-electron chi connectivity index (χ4n) is 2.05. The van der Waals surface area contributed by atoms with E-state index in [9.17, 15) is 0 Å². The van der Waals surface area contributed by atoms with Gasteiger partial charge in [-0.1, -0.05) is 0 Å². The molecule has 7 heteroatoms. The maximum Gasteiger partial charge on any atom is 0.0843 e. The second kappa shape index (κ2) is 11.1. The number of thiophene rings is 1. The molecular formula is C14H24Br2N2O2S. The molecule has 0 fully saturated rings. The van der Waals surface area contributed by atoms with Crippen molar-refractivity contribution >= 4 is 43.2 Å². The molecule has 0 amide bonds. The van der Waals surface area contributed by atoms with E-state index in [1.54, 1.807) is 11.3 Å². The normalized spacial score (nSPS) is 13.0. The summed E-state index contributed by atoms with van der Waals surface area (Å²) in [6.45, 7) is 9.23. The lowest BCUT2D eigenvalue weighted by Crippen LogP contribution is -2.38. The van der Waals surface area contributed by atoms with Crippen molar-refractivity contribution in [3.63, 3.8) is 0 Å². The quantitative estimate of drug-likeness (QED) is 0.530. The van der Waals surface area contributed by atoms with Crippen molar-refractivity contribution in [1.82, 2.24) is 4.90 Å². The first kappa shape index (κ1) is 19.5. The van der Waals surface area contributed by atoms with Gasteiger partial charge in [-0.2, -0.15) is 0 Å². The Morgan fingerprint density at radius 3 is 2.14 bits per heavy atom. The SMILES string of the molecule is CCOCCN(CCOCC)C(CN)c1cc(Br)c(Br)s1.